The lowest BCUT2D eigenvalue weighted by Gasteiger charge is -2.06. The second kappa shape index (κ2) is 3.72. The highest BCUT2D eigenvalue weighted by atomic mass is 16.5. The molecule has 0 aliphatic heterocycles. The SMILES string of the molecule is COC(=O)C[C@@H]1CC[C@@H](N)C1. The molecule has 11 heavy (non-hydrogen) atoms. The van der Waals surface area contributed by atoms with Gasteiger partial charge >= 0.3 is 5.97 Å². The van der Waals surface area contributed by atoms with Gasteiger partial charge in [0.15, 0.2) is 0 Å². The monoisotopic (exact) mass is 157 g/mol. The summed E-state index contributed by atoms with van der Waals surface area (Å²) in [5, 5.41) is 0. The van der Waals surface area contributed by atoms with E-state index in [0.29, 0.717) is 18.4 Å². The second-order valence-electron chi connectivity index (χ2n) is 3.22. The Morgan fingerprint density at radius 3 is 2.82 bits per heavy atom. The number of carbonyl (C=O) groups excluding carboxylic acids is 1. The van der Waals surface area contributed by atoms with Crippen molar-refractivity contribution in [3.8, 4) is 0 Å². The molecule has 0 unspecified atom stereocenters. The fourth-order valence-electron chi connectivity index (χ4n) is 1.62. The predicted molar refractivity (Wildman–Crippen MR) is 41.9 cm³/mol. The van der Waals surface area contributed by atoms with Crippen molar-refractivity contribution in [2.24, 2.45) is 11.7 Å². The van der Waals surface area contributed by atoms with Crippen LogP contribution in [-0.4, -0.2) is 19.1 Å². The first-order valence-corrected chi connectivity index (χ1v) is 4.04. The van der Waals surface area contributed by atoms with Gasteiger partial charge in [-0.3, -0.25) is 4.79 Å². The molecule has 3 heteroatoms. The third kappa shape index (κ3) is 2.50. The summed E-state index contributed by atoms with van der Waals surface area (Å²) in [5.74, 6) is 0.363. The topological polar surface area (TPSA) is 52.3 Å². The molecule has 0 aromatic heterocycles. The quantitative estimate of drug-likeness (QED) is 0.599. The van der Waals surface area contributed by atoms with E-state index in [1.54, 1.807) is 0 Å². The molecule has 0 aromatic rings. The van der Waals surface area contributed by atoms with Crippen molar-refractivity contribution in [2.75, 3.05) is 7.11 Å². The molecule has 0 heterocycles. The number of nitrogens with two attached hydrogens (primary N) is 1. The van der Waals surface area contributed by atoms with Gasteiger partial charge < -0.3 is 10.5 Å². The van der Waals surface area contributed by atoms with Crippen LogP contribution in [0.3, 0.4) is 0 Å². The normalized spacial score (nSPS) is 30.4. The third-order valence-electron chi connectivity index (χ3n) is 2.26. The number of hydrogen-bond donors (Lipinski definition) is 1. The first-order chi connectivity index (χ1) is 5.22. The molecule has 1 saturated carbocycles. The van der Waals surface area contributed by atoms with E-state index in [1.807, 2.05) is 0 Å². The number of rotatable bonds is 2. The molecule has 0 aromatic carbocycles. The van der Waals surface area contributed by atoms with Gasteiger partial charge in [-0.1, -0.05) is 0 Å². The maximum atomic E-state index is 10.8. The van der Waals surface area contributed by atoms with Gasteiger partial charge in [0.05, 0.1) is 7.11 Å². The van der Waals surface area contributed by atoms with Gasteiger partial charge in [0, 0.05) is 12.5 Å². The molecule has 1 aliphatic carbocycles. The van der Waals surface area contributed by atoms with Crippen LogP contribution < -0.4 is 5.73 Å². The second-order valence-corrected chi connectivity index (χ2v) is 3.22. The lowest BCUT2D eigenvalue weighted by molar-refractivity contribution is -0.141. The zero-order chi connectivity index (χ0) is 8.27. The van der Waals surface area contributed by atoms with Crippen molar-refractivity contribution in [3.05, 3.63) is 0 Å². The van der Waals surface area contributed by atoms with E-state index in [2.05, 4.69) is 4.74 Å². The van der Waals surface area contributed by atoms with E-state index in [9.17, 15) is 4.79 Å². The maximum Gasteiger partial charge on any atom is 0.305 e. The standard InChI is InChI=1S/C8H15NO2/c1-11-8(10)5-6-2-3-7(9)4-6/h6-7H,2-5,9H2,1H3/t6-,7-/m1/s1. The average molecular weight is 157 g/mol. The molecule has 2 N–H and O–H groups in total. The van der Waals surface area contributed by atoms with E-state index in [0.717, 1.165) is 19.3 Å². The summed E-state index contributed by atoms with van der Waals surface area (Å²) in [5.41, 5.74) is 5.69. The molecule has 1 aliphatic rings. The molecular weight excluding hydrogens is 142 g/mol. The zero-order valence-corrected chi connectivity index (χ0v) is 6.88. The van der Waals surface area contributed by atoms with Crippen LogP contribution >= 0.6 is 0 Å². The summed E-state index contributed by atoms with van der Waals surface area (Å²) in [4.78, 5) is 10.8. The summed E-state index contributed by atoms with van der Waals surface area (Å²) < 4.78 is 4.57. The molecule has 64 valence electrons. The summed E-state index contributed by atoms with van der Waals surface area (Å²) in [6, 6.07) is 0.310. The minimum Gasteiger partial charge on any atom is -0.469 e. The predicted octanol–water partition coefficient (Wildman–Crippen LogP) is 0.677. The van der Waals surface area contributed by atoms with Crippen molar-refractivity contribution in [1.29, 1.82) is 0 Å². The van der Waals surface area contributed by atoms with Gasteiger partial charge in [-0.05, 0) is 25.2 Å². The molecule has 3 nitrogen and oxygen atoms in total. The number of carbonyl (C=O) groups is 1. The fraction of sp³-hybridized carbons (Fsp3) is 0.875. The van der Waals surface area contributed by atoms with Crippen LogP contribution in [0.4, 0.5) is 0 Å². The molecule has 0 saturated heterocycles. The highest BCUT2D eigenvalue weighted by Gasteiger charge is 2.23. The van der Waals surface area contributed by atoms with Gasteiger partial charge in [0.2, 0.25) is 0 Å². The van der Waals surface area contributed by atoms with E-state index in [-0.39, 0.29) is 5.97 Å². The highest BCUT2D eigenvalue weighted by Crippen LogP contribution is 2.26. The lowest BCUT2D eigenvalue weighted by Crippen LogP contribution is -2.15. The van der Waals surface area contributed by atoms with Crippen molar-refractivity contribution >= 4 is 5.97 Å². The molecule has 0 amide bonds. The number of methoxy groups -OCH3 is 1. The summed E-state index contributed by atoms with van der Waals surface area (Å²) in [7, 11) is 1.43. The Hall–Kier alpha value is -0.570. The lowest BCUT2D eigenvalue weighted by atomic mass is 10.0. The first-order valence-electron chi connectivity index (χ1n) is 4.04. The molecule has 1 rings (SSSR count). The van der Waals surface area contributed by atoms with Crippen molar-refractivity contribution in [3.63, 3.8) is 0 Å². The number of ether oxygens (including phenoxy) is 1. The van der Waals surface area contributed by atoms with Gasteiger partial charge in [0.25, 0.3) is 0 Å². The number of esters is 1. The van der Waals surface area contributed by atoms with Crippen LogP contribution in [0.5, 0.6) is 0 Å². The molecule has 1 fully saturated rings. The molecular formula is C8H15NO2. The van der Waals surface area contributed by atoms with Crippen LogP contribution in [0, 0.1) is 5.92 Å². The smallest absolute Gasteiger partial charge is 0.305 e. The summed E-state index contributed by atoms with van der Waals surface area (Å²) in [6.45, 7) is 0. The van der Waals surface area contributed by atoms with E-state index in [1.165, 1.54) is 7.11 Å². The van der Waals surface area contributed by atoms with Crippen molar-refractivity contribution in [2.45, 2.75) is 31.7 Å². The Morgan fingerprint density at radius 2 is 2.36 bits per heavy atom. The average Bonchev–Trinajstić information content (AvgIpc) is 2.35. The van der Waals surface area contributed by atoms with Crippen LogP contribution in [0.25, 0.3) is 0 Å². The Balaban J connectivity index is 2.23. The van der Waals surface area contributed by atoms with Gasteiger partial charge in [0.1, 0.15) is 0 Å². The summed E-state index contributed by atoms with van der Waals surface area (Å²) >= 11 is 0. The Kier molecular flexibility index (Phi) is 2.88. The van der Waals surface area contributed by atoms with E-state index in [4.69, 9.17) is 5.73 Å². The fourth-order valence-corrected chi connectivity index (χ4v) is 1.62. The Labute approximate surface area is 66.9 Å². The Bertz CT molecular complexity index is 147. The minimum absolute atomic E-state index is 0.107. The summed E-state index contributed by atoms with van der Waals surface area (Å²) in [6.07, 6.45) is 3.66. The zero-order valence-electron chi connectivity index (χ0n) is 6.88. The van der Waals surface area contributed by atoms with Crippen LogP contribution in [0.15, 0.2) is 0 Å². The number of hydrogen-bond acceptors (Lipinski definition) is 3. The van der Waals surface area contributed by atoms with Gasteiger partial charge in [-0.15, -0.1) is 0 Å². The van der Waals surface area contributed by atoms with E-state index >= 15 is 0 Å². The van der Waals surface area contributed by atoms with Gasteiger partial charge in [-0.2, -0.15) is 0 Å². The van der Waals surface area contributed by atoms with Gasteiger partial charge in [-0.25, -0.2) is 0 Å². The third-order valence-corrected chi connectivity index (χ3v) is 2.26. The highest BCUT2D eigenvalue weighted by molar-refractivity contribution is 5.69. The van der Waals surface area contributed by atoms with E-state index < -0.39 is 0 Å². The Morgan fingerprint density at radius 1 is 1.64 bits per heavy atom. The van der Waals surface area contributed by atoms with Crippen LogP contribution in [0.2, 0.25) is 0 Å². The first kappa shape index (κ1) is 8.53. The molecule has 2 atom stereocenters. The molecule has 0 spiro atoms. The molecule has 0 radical (unpaired) electrons. The van der Waals surface area contributed by atoms with Crippen molar-refractivity contribution < 1.29 is 9.53 Å². The largest absolute Gasteiger partial charge is 0.469 e. The maximum absolute atomic E-state index is 10.8. The molecule has 0 bridgehead atoms. The van der Waals surface area contributed by atoms with Crippen LogP contribution in [0.1, 0.15) is 25.7 Å². The van der Waals surface area contributed by atoms with Crippen LogP contribution in [-0.2, 0) is 9.53 Å². The van der Waals surface area contributed by atoms with Crippen molar-refractivity contribution in [1.82, 2.24) is 0 Å². The minimum atomic E-state index is -0.107.